The molecular weight excluding hydrogens is 224 g/mol. The van der Waals surface area contributed by atoms with E-state index in [2.05, 4.69) is 6.92 Å². The zero-order valence-electron chi connectivity index (χ0n) is 12.6. The first kappa shape index (κ1) is 17.3. The quantitative estimate of drug-likeness (QED) is 0.635. The Morgan fingerprint density at radius 1 is 0.889 bits per heavy atom. The average Bonchev–Trinajstić information content (AvgIpc) is 2.36. The standard InChI is InChI=1S/2C7H12O.C2H6/c1-6-3-2-4-7(8)5-6;1-6-4-2-3-5-7(6)8;1-2/h2*6H,2-5H2,1H3;1-2H3. The van der Waals surface area contributed by atoms with Crippen LogP contribution in [0.1, 0.15) is 79.1 Å². The monoisotopic (exact) mass is 254 g/mol. The fraction of sp³-hybridized carbons (Fsp3) is 0.875. The number of Topliss-reactive ketones (excluding diaryl/α,β-unsaturated/α-hetero) is 2. The molecule has 2 aliphatic rings. The zero-order chi connectivity index (χ0) is 14.0. The first-order valence-electron chi connectivity index (χ1n) is 7.64. The van der Waals surface area contributed by atoms with Crippen LogP contribution in [0.4, 0.5) is 0 Å². The van der Waals surface area contributed by atoms with Gasteiger partial charge in [0.05, 0.1) is 0 Å². The van der Waals surface area contributed by atoms with Crippen molar-refractivity contribution in [2.24, 2.45) is 11.8 Å². The van der Waals surface area contributed by atoms with Gasteiger partial charge in [-0.2, -0.15) is 0 Å². The first-order valence-corrected chi connectivity index (χ1v) is 7.64. The highest BCUT2D eigenvalue weighted by Gasteiger charge is 2.16. The van der Waals surface area contributed by atoms with E-state index in [1.165, 1.54) is 12.8 Å². The SMILES string of the molecule is CC.CC1CCCC(=O)C1.CC1CCCCC1=O. The van der Waals surface area contributed by atoms with E-state index in [1.807, 2.05) is 20.8 Å². The third-order valence-corrected chi connectivity index (χ3v) is 3.59. The van der Waals surface area contributed by atoms with E-state index in [-0.39, 0.29) is 0 Å². The molecule has 0 saturated heterocycles. The maximum Gasteiger partial charge on any atom is 0.135 e. The lowest BCUT2D eigenvalue weighted by atomic mass is 9.90. The molecule has 0 aliphatic heterocycles. The lowest BCUT2D eigenvalue weighted by Crippen LogP contribution is -2.14. The van der Waals surface area contributed by atoms with Crippen molar-refractivity contribution in [1.29, 1.82) is 0 Å². The topological polar surface area (TPSA) is 34.1 Å². The number of hydrogen-bond donors (Lipinski definition) is 0. The minimum Gasteiger partial charge on any atom is -0.300 e. The molecule has 2 fully saturated rings. The lowest BCUT2D eigenvalue weighted by molar-refractivity contribution is -0.124. The van der Waals surface area contributed by atoms with Crippen molar-refractivity contribution < 1.29 is 9.59 Å². The Balaban J connectivity index is 0.000000283. The van der Waals surface area contributed by atoms with Crippen LogP contribution in [0.25, 0.3) is 0 Å². The third-order valence-electron chi connectivity index (χ3n) is 3.59. The largest absolute Gasteiger partial charge is 0.300 e. The van der Waals surface area contributed by atoms with Gasteiger partial charge in [0, 0.05) is 25.2 Å². The number of ketones is 2. The highest BCUT2D eigenvalue weighted by molar-refractivity contribution is 5.81. The van der Waals surface area contributed by atoms with E-state index in [0.717, 1.165) is 38.5 Å². The van der Waals surface area contributed by atoms with Crippen LogP contribution in [0.3, 0.4) is 0 Å². The summed E-state index contributed by atoms with van der Waals surface area (Å²) in [5.41, 5.74) is 0. The van der Waals surface area contributed by atoms with Gasteiger partial charge in [-0.15, -0.1) is 0 Å². The zero-order valence-corrected chi connectivity index (χ0v) is 12.6. The summed E-state index contributed by atoms with van der Waals surface area (Å²) in [5.74, 6) is 1.96. The van der Waals surface area contributed by atoms with E-state index < -0.39 is 0 Å². The van der Waals surface area contributed by atoms with Gasteiger partial charge < -0.3 is 0 Å². The molecule has 0 aromatic carbocycles. The summed E-state index contributed by atoms with van der Waals surface area (Å²) in [6.07, 6.45) is 8.40. The average molecular weight is 254 g/mol. The van der Waals surface area contributed by atoms with Gasteiger partial charge >= 0.3 is 0 Å². The summed E-state index contributed by atoms with van der Waals surface area (Å²) in [4.78, 5) is 21.5. The van der Waals surface area contributed by atoms with Gasteiger partial charge in [-0.25, -0.2) is 0 Å². The Morgan fingerprint density at radius 2 is 1.56 bits per heavy atom. The second kappa shape index (κ2) is 10.3. The van der Waals surface area contributed by atoms with Gasteiger partial charge in [-0.1, -0.05) is 34.1 Å². The third kappa shape index (κ3) is 7.62. The van der Waals surface area contributed by atoms with E-state index in [1.54, 1.807) is 0 Å². The fourth-order valence-electron chi connectivity index (χ4n) is 2.40. The lowest BCUT2D eigenvalue weighted by Gasteiger charge is -2.14. The highest BCUT2D eigenvalue weighted by atomic mass is 16.1. The van der Waals surface area contributed by atoms with Crippen molar-refractivity contribution in [2.45, 2.75) is 79.1 Å². The van der Waals surface area contributed by atoms with Crippen molar-refractivity contribution in [3.8, 4) is 0 Å². The van der Waals surface area contributed by atoms with Gasteiger partial charge in [0.15, 0.2) is 0 Å². The fourth-order valence-corrected chi connectivity index (χ4v) is 2.40. The molecule has 0 heterocycles. The minimum atomic E-state index is 0.365. The van der Waals surface area contributed by atoms with Crippen LogP contribution in [0.5, 0.6) is 0 Å². The Hall–Kier alpha value is -0.660. The Labute approximate surface area is 113 Å². The molecule has 2 aliphatic carbocycles. The molecule has 2 rings (SSSR count). The van der Waals surface area contributed by atoms with E-state index in [9.17, 15) is 9.59 Å². The van der Waals surface area contributed by atoms with Crippen molar-refractivity contribution in [2.75, 3.05) is 0 Å². The summed E-state index contributed by atoms with van der Waals surface area (Å²) < 4.78 is 0. The molecule has 0 aromatic rings. The molecule has 18 heavy (non-hydrogen) atoms. The van der Waals surface area contributed by atoms with E-state index in [4.69, 9.17) is 0 Å². The number of hydrogen-bond acceptors (Lipinski definition) is 2. The van der Waals surface area contributed by atoms with Crippen molar-refractivity contribution in [1.82, 2.24) is 0 Å². The van der Waals surface area contributed by atoms with Crippen molar-refractivity contribution in [3.63, 3.8) is 0 Å². The maximum absolute atomic E-state index is 10.8. The maximum atomic E-state index is 10.8. The predicted octanol–water partition coefficient (Wildman–Crippen LogP) is 4.56. The molecule has 0 N–H and O–H groups in total. The Kier molecular flexibility index (Phi) is 9.90. The van der Waals surface area contributed by atoms with E-state index in [0.29, 0.717) is 23.4 Å². The molecular formula is C16H30O2. The van der Waals surface area contributed by atoms with Crippen molar-refractivity contribution in [3.05, 3.63) is 0 Å². The second-order valence-corrected chi connectivity index (χ2v) is 5.35. The minimum absolute atomic E-state index is 0.365. The molecule has 2 nitrogen and oxygen atoms in total. The van der Waals surface area contributed by atoms with Crippen LogP contribution in [0, 0.1) is 11.8 Å². The van der Waals surface area contributed by atoms with Crippen LogP contribution in [0.15, 0.2) is 0 Å². The molecule has 0 radical (unpaired) electrons. The molecule has 0 amide bonds. The van der Waals surface area contributed by atoms with Gasteiger partial charge in [0.25, 0.3) is 0 Å². The van der Waals surface area contributed by atoms with Gasteiger partial charge in [-0.05, 0) is 31.6 Å². The second-order valence-electron chi connectivity index (χ2n) is 5.35. The summed E-state index contributed by atoms with van der Waals surface area (Å²) in [6.45, 7) is 8.18. The summed E-state index contributed by atoms with van der Waals surface area (Å²) >= 11 is 0. The van der Waals surface area contributed by atoms with E-state index >= 15 is 0 Å². The summed E-state index contributed by atoms with van der Waals surface area (Å²) in [7, 11) is 0. The molecule has 2 unspecified atom stereocenters. The van der Waals surface area contributed by atoms with Crippen LogP contribution in [-0.2, 0) is 9.59 Å². The molecule has 2 atom stereocenters. The molecule has 0 spiro atoms. The highest BCUT2D eigenvalue weighted by Crippen LogP contribution is 2.19. The predicted molar refractivity (Wildman–Crippen MR) is 76.6 cm³/mol. The summed E-state index contributed by atoms with van der Waals surface area (Å²) in [5, 5.41) is 0. The van der Waals surface area contributed by atoms with Crippen LogP contribution < -0.4 is 0 Å². The Bertz CT molecular complexity index is 245. The summed E-state index contributed by atoms with van der Waals surface area (Å²) in [6, 6.07) is 0. The van der Waals surface area contributed by atoms with Gasteiger partial charge in [0.2, 0.25) is 0 Å². The van der Waals surface area contributed by atoms with Crippen LogP contribution in [-0.4, -0.2) is 11.6 Å². The molecule has 2 heteroatoms. The molecule has 2 saturated carbocycles. The van der Waals surface area contributed by atoms with Gasteiger partial charge in [-0.3, -0.25) is 9.59 Å². The molecule has 106 valence electrons. The molecule has 0 aromatic heterocycles. The van der Waals surface area contributed by atoms with Crippen LogP contribution in [0.2, 0.25) is 0 Å². The van der Waals surface area contributed by atoms with Crippen LogP contribution >= 0.6 is 0 Å². The Morgan fingerprint density at radius 3 is 1.89 bits per heavy atom. The van der Waals surface area contributed by atoms with Gasteiger partial charge in [0.1, 0.15) is 11.6 Å². The normalized spacial score (nSPS) is 27.6. The number of carbonyl (C=O) groups is 2. The number of carbonyl (C=O) groups excluding carboxylic acids is 2. The number of rotatable bonds is 0. The van der Waals surface area contributed by atoms with Crippen molar-refractivity contribution >= 4 is 11.6 Å². The molecule has 0 bridgehead atoms. The smallest absolute Gasteiger partial charge is 0.135 e. The first-order chi connectivity index (χ1) is 8.59.